The van der Waals surface area contributed by atoms with E-state index in [1.807, 2.05) is 42.5 Å². The van der Waals surface area contributed by atoms with E-state index in [2.05, 4.69) is 30.2 Å². The molecule has 4 heteroatoms. The Morgan fingerprint density at radius 1 is 1.14 bits per heavy atom. The molecule has 0 amide bonds. The summed E-state index contributed by atoms with van der Waals surface area (Å²) in [4.78, 5) is 4.60. The third-order valence-electron chi connectivity index (χ3n) is 2.97. The molecule has 0 aliphatic heterocycles. The van der Waals surface area contributed by atoms with Crippen LogP contribution in [0.5, 0.6) is 5.75 Å². The van der Waals surface area contributed by atoms with Crippen molar-refractivity contribution in [1.29, 1.82) is 0 Å². The summed E-state index contributed by atoms with van der Waals surface area (Å²) in [5.74, 6) is 1.43. The fourth-order valence-corrected chi connectivity index (χ4v) is 2.87. The van der Waals surface area contributed by atoms with Crippen LogP contribution in [0, 0.1) is 5.92 Å². The molecular weight excluding hydrogens is 280 g/mol. The van der Waals surface area contributed by atoms with Crippen molar-refractivity contribution in [1.82, 2.24) is 4.98 Å². The summed E-state index contributed by atoms with van der Waals surface area (Å²) in [6, 6.07) is 16.1. The molecule has 21 heavy (non-hydrogen) atoms. The molecule has 0 unspecified atom stereocenters. The summed E-state index contributed by atoms with van der Waals surface area (Å²) < 4.78 is 6.90. The summed E-state index contributed by atoms with van der Waals surface area (Å²) in [6.45, 7) is 5.03. The zero-order valence-corrected chi connectivity index (χ0v) is 13.0. The van der Waals surface area contributed by atoms with Gasteiger partial charge < -0.3 is 10.1 Å². The number of nitrogens with zero attached hydrogens (tertiary/aromatic N) is 1. The number of fused-ring (bicyclic) bond motifs is 1. The number of nitrogens with one attached hydrogen (secondary N) is 1. The molecule has 0 bridgehead atoms. The van der Waals surface area contributed by atoms with E-state index < -0.39 is 0 Å². The fourth-order valence-electron chi connectivity index (χ4n) is 1.96. The van der Waals surface area contributed by atoms with Crippen LogP contribution in [0.25, 0.3) is 10.2 Å². The van der Waals surface area contributed by atoms with Gasteiger partial charge in [-0.15, -0.1) is 0 Å². The Kier molecular flexibility index (Phi) is 4.06. The van der Waals surface area contributed by atoms with Crippen LogP contribution in [0.4, 0.5) is 10.8 Å². The Balaban J connectivity index is 1.80. The number of anilines is 2. The van der Waals surface area contributed by atoms with Crippen molar-refractivity contribution in [3.63, 3.8) is 0 Å². The minimum atomic E-state index is 0.525. The van der Waals surface area contributed by atoms with Gasteiger partial charge in [-0.25, -0.2) is 4.98 Å². The van der Waals surface area contributed by atoms with Gasteiger partial charge in [0.1, 0.15) is 5.75 Å². The maximum Gasteiger partial charge on any atom is 0.188 e. The zero-order valence-electron chi connectivity index (χ0n) is 12.2. The van der Waals surface area contributed by atoms with Crippen molar-refractivity contribution in [3.05, 3.63) is 48.5 Å². The first-order chi connectivity index (χ1) is 10.2. The molecule has 108 valence electrons. The van der Waals surface area contributed by atoms with Gasteiger partial charge in [0.25, 0.3) is 0 Å². The summed E-state index contributed by atoms with van der Waals surface area (Å²) in [7, 11) is 0. The maximum absolute atomic E-state index is 5.76. The van der Waals surface area contributed by atoms with Crippen molar-refractivity contribution >= 4 is 32.4 Å². The van der Waals surface area contributed by atoms with Gasteiger partial charge in [-0.05, 0) is 36.2 Å². The predicted octanol–water partition coefficient (Wildman–Crippen LogP) is 5.07. The van der Waals surface area contributed by atoms with E-state index in [4.69, 9.17) is 4.74 Å². The number of rotatable bonds is 5. The molecule has 1 N–H and O–H groups in total. The van der Waals surface area contributed by atoms with E-state index >= 15 is 0 Å². The maximum atomic E-state index is 5.76. The van der Waals surface area contributed by atoms with Crippen LogP contribution in [0.2, 0.25) is 0 Å². The second-order valence-electron chi connectivity index (χ2n) is 5.34. The molecule has 0 atom stereocenters. The number of thiazole rings is 1. The number of para-hydroxylation sites is 1. The molecule has 1 aromatic heterocycles. The van der Waals surface area contributed by atoms with E-state index in [-0.39, 0.29) is 0 Å². The lowest BCUT2D eigenvalue weighted by Gasteiger charge is -2.07. The van der Waals surface area contributed by atoms with Gasteiger partial charge >= 0.3 is 0 Å². The van der Waals surface area contributed by atoms with Gasteiger partial charge in [0.2, 0.25) is 0 Å². The van der Waals surface area contributed by atoms with E-state index in [9.17, 15) is 0 Å². The molecule has 0 saturated carbocycles. The second kappa shape index (κ2) is 6.14. The lowest BCUT2D eigenvalue weighted by molar-refractivity contribution is 0.271. The molecule has 0 fully saturated rings. The largest absolute Gasteiger partial charge is 0.493 e. The predicted molar refractivity (Wildman–Crippen MR) is 89.7 cm³/mol. The first kappa shape index (κ1) is 13.9. The summed E-state index contributed by atoms with van der Waals surface area (Å²) in [5, 5.41) is 4.23. The summed E-state index contributed by atoms with van der Waals surface area (Å²) in [6.07, 6.45) is 0. The lowest BCUT2D eigenvalue weighted by atomic mass is 10.2. The Hall–Kier alpha value is -2.07. The average Bonchev–Trinajstić information content (AvgIpc) is 2.87. The van der Waals surface area contributed by atoms with Gasteiger partial charge in [-0.1, -0.05) is 43.4 Å². The highest BCUT2D eigenvalue weighted by Crippen LogP contribution is 2.31. The molecule has 0 saturated heterocycles. The number of hydrogen-bond donors (Lipinski definition) is 1. The second-order valence-corrected chi connectivity index (χ2v) is 6.38. The van der Waals surface area contributed by atoms with Gasteiger partial charge in [-0.3, -0.25) is 0 Å². The van der Waals surface area contributed by atoms with E-state index in [0.717, 1.165) is 33.4 Å². The minimum Gasteiger partial charge on any atom is -0.493 e. The third-order valence-corrected chi connectivity index (χ3v) is 3.90. The van der Waals surface area contributed by atoms with E-state index in [1.54, 1.807) is 11.3 Å². The van der Waals surface area contributed by atoms with Crippen molar-refractivity contribution in [2.75, 3.05) is 11.9 Å². The number of benzene rings is 2. The highest BCUT2D eigenvalue weighted by Gasteiger charge is 2.06. The van der Waals surface area contributed by atoms with Crippen LogP contribution in [-0.4, -0.2) is 11.6 Å². The molecule has 0 aliphatic rings. The third kappa shape index (κ3) is 3.52. The van der Waals surface area contributed by atoms with Crippen molar-refractivity contribution < 1.29 is 4.74 Å². The van der Waals surface area contributed by atoms with Crippen LogP contribution in [-0.2, 0) is 0 Å². The average molecular weight is 298 g/mol. The molecule has 3 nitrogen and oxygen atoms in total. The van der Waals surface area contributed by atoms with Crippen molar-refractivity contribution in [3.8, 4) is 5.75 Å². The van der Waals surface area contributed by atoms with Crippen LogP contribution < -0.4 is 10.1 Å². The first-order valence-corrected chi connectivity index (χ1v) is 7.88. The molecular formula is C17H18N2OS. The van der Waals surface area contributed by atoms with Gasteiger partial charge in [0, 0.05) is 5.69 Å². The SMILES string of the molecule is CC(C)COc1ccc2nc(Nc3ccccc3)sc2c1. The van der Waals surface area contributed by atoms with Crippen LogP contribution >= 0.6 is 11.3 Å². The number of ether oxygens (including phenoxy) is 1. The topological polar surface area (TPSA) is 34.1 Å². The highest BCUT2D eigenvalue weighted by atomic mass is 32.1. The fraction of sp³-hybridized carbons (Fsp3) is 0.235. The molecule has 0 aliphatic carbocycles. The Morgan fingerprint density at radius 3 is 2.71 bits per heavy atom. The van der Waals surface area contributed by atoms with E-state index in [1.165, 1.54) is 0 Å². The molecule has 0 radical (unpaired) electrons. The number of hydrogen-bond acceptors (Lipinski definition) is 4. The van der Waals surface area contributed by atoms with Crippen LogP contribution in [0.3, 0.4) is 0 Å². The molecule has 3 rings (SSSR count). The van der Waals surface area contributed by atoms with Crippen LogP contribution in [0.1, 0.15) is 13.8 Å². The van der Waals surface area contributed by atoms with Gasteiger partial charge in [-0.2, -0.15) is 0 Å². The van der Waals surface area contributed by atoms with Crippen molar-refractivity contribution in [2.45, 2.75) is 13.8 Å². The number of aromatic nitrogens is 1. The van der Waals surface area contributed by atoms with E-state index in [0.29, 0.717) is 5.92 Å². The van der Waals surface area contributed by atoms with Gasteiger partial charge in [0.05, 0.1) is 16.8 Å². The Morgan fingerprint density at radius 2 is 1.95 bits per heavy atom. The lowest BCUT2D eigenvalue weighted by Crippen LogP contribution is -2.04. The Bertz CT molecular complexity index is 722. The summed E-state index contributed by atoms with van der Waals surface area (Å²) in [5.41, 5.74) is 2.04. The first-order valence-electron chi connectivity index (χ1n) is 7.06. The molecule has 2 aromatic carbocycles. The Labute approximate surface area is 128 Å². The normalized spacial score (nSPS) is 11.0. The molecule has 0 spiro atoms. The molecule has 3 aromatic rings. The van der Waals surface area contributed by atoms with Crippen molar-refractivity contribution in [2.24, 2.45) is 5.92 Å². The summed E-state index contributed by atoms with van der Waals surface area (Å²) >= 11 is 1.64. The highest BCUT2D eigenvalue weighted by molar-refractivity contribution is 7.22. The smallest absolute Gasteiger partial charge is 0.188 e. The minimum absolute atomic E-state index is 0.525. The monoisotopic (exact) mass is 298 g/mol. The zero-order chi connectivity index (χ0) is 14.7. The van der Waals surface area contributed by atoms with Crippen LogP contribution in [0.15, 0.2) is 48.5 Å². The quantitative estimate of drug-likeness (QED) is 0.713. The molecule has 1 heterocycles. The standard InChI is InChI=1S/C17H18N2OS/c1-12(2)11-20-14-8-9-15-16(10-14)21-17(19-15)18-13-6-4-3-5-7-13/h3-10,12H,11H2,1-2H3,(H,18,19). The van der Waals surface area contributed by atoms with Gasteiger partial charge in [0.15, 0.2) is 5.13 Å².